The smallest absolute Gasteiger partial charge is 0.292 e. The second-order valence-corrected chi connectivity index (χ2v) is 7.40. The summed E-state index contributed by atoms with van der Waals surface area (Å²) < 4.78 is 14.5. The van der Waals surface area contributed by atoms with E-state index in [1.165, 1.54) is 11.3 Å². The van der Waals surface area contributed by atoms with Gasteiger partial charge in [0, 0.05) is 12.4 Å². The highest BCUT2D eigenvalue weighted by molar-refractivity contribution is 7.16. The van der Waals surface area contributed by atoms with Crippen molar-refractivity contribution in [2.45, 2.75) is 6.10 Å². The van der Waals surface area contributed by atoms with Crippen LogP contribution in [0.5, 0.6) is 11.5 Å². The Kier molecular flexibility index (Phi) is 3.72. The van der Waals surface area contributed by atoms with E-state index in [4.69, 9.17) is 9.47 Å². The van der Waals surface area contributed by atoms with Crippen molar-refractivity contribution in [2.24, 2.45) is 12.0 Å². The zero-order valence-corrected chi connectivity index (χ0v) is 15.4. The quantitative estimate of drug-likeness (QED) is 0.509. The molecule has 2 heterocycles. The molecule has 3 aromatic carbocycles. The zero-order chi connectivity index (χ0) is 18.4. The molecule has 5 rings (SSSR count). The summed E-state index contributed by atoms with van der Waals surface area (Å²) in [6.07, 6.45) is -0.734. The molecule has 0 aliphatic carbocycles. The number of para-hydroxylation sites is 2. The Hall–Kier alpha value is -3.12. The Balaban J connectivity index is 1.55. The molecule has 0 N–H and O–H groups in total. The second-order valence-electron chi connectivity index (χ2n) is 6.39. The minimum absolute atomic E-state index is 0.164. The number of carbonyl (C=O) groups excluding carboxylic acids is 1. The van der Waals surface area contributed by atoms with Crippen LogP contribution in [-0.4, -0.2) is 23.2 Å². The van der Waals surface area contributed by atoms with Crippen LogP contribution in [0.3, 0.4) is 0 Å². The van der Waals surface area contributed by atoms with Gasteiger partial charge in [-0.2, -0.15) is 4.99 Å². The Morgan fingerprint density at radius 2 is 1.85 bits per heavy atom. The number of hydrogen-bond donors (Lipinski definition) is 0. The van der Waals surface area contributed by atoms with Crippen LogP contribution in [0.25, 0.3) is 21.0 Å². The molecule has 1 unspecified atom stereocenters. The van der Waals surface area contributed by atoms with Crippen LogP contribution in [0.1, 0.15) is 0 Å². The summed E-state index contributed by atoms with van der Waals surface area (Å²) in [4.78, 5) is 17.7. The molecule has 4 aromatic rings. The maximum Gasteiger partial charge on any atom is 0.292 e. The summed E-state index contributed by atoms with van der Waals surface area (Å²) in [7, 11) is 1.94. The van der Waals surface area contributed by atoms with Crippen molar-refractivity contribution in [3.63, 3.8) is 0 Å². The van der Waals surface area contributed by atoms with Crippen LogP contribution in [0.15, 0.2) is 65.7 Å². The van der Waals surface area contributed by atoms with Crippen molar-refractivity contribution >= 4 is 38.2 Å². The predicted molar refractivity (Wildman–Crippen MR) is 105 cm³/mol. The first-order valence-corrected chi connectivity index (χ1v) is 9.47. The van der Waals surface area contributed by atoms with Crippen LogP contribution in [0.2, 0.25) is 0 Å². The van der Waals surface area contributed by atoms with Crippen LogP contribution >= 0.6 is 11.3 Å². The number of amides is 1. The van der Waals surface area contributed by atoms with Gasteiger partial charge in [-0.3, -0.25) is 4.79 Å². The van der Waals surface area contributed by atoms with Gasteiger partial charge in [-0.15, -0.1) is 0 Å². The van der Waals surface area contributed by atoms with Gasteiger partial charge in [0.2, 0.25) is 6.10 Å². The maximum atomic E-state index is 12.7. The van der Waals surface area contributed by atoms with E-state index >= 15 is 0 Å². The molecule has 1 aliphatic rings. The van der Waals surface area contributed by atoms with Crippen LogP contribution in [0.4, 0.5) is 0 Å². The minimum atomic E-state index is -0.734. The van der Waals surface area contributed by atoms with Gasteiger partial charge in [0.05, 0.1) is 10.2 Å². The Morgan fingerprint density at radius 1 is 1.07 bits per heavy atom. The third-order valence-corrected chi connectivity index (χ3v) is 5.77. The third-order valence-electron chi connectivity index (χ3n) is 4.68. The first-order valence-electron chi connectivity index (χ1n) is 8.65. The van der Waals surface area contributed by atoms with Gasteiger partial charge in [-0.25, -0.2) is 0 Å². The van der Waals surface area contributed by atoms with E-state index in [0.29, 0.717) is 16.3 Å². The van der Waals surface area contributed by atoms with Gasteiger partial charge in [0.25, 0.3) is 5.91 Å². The van der Waals surface area contributed by atoms with E-state index < -0.39 is 6.10 Å². The summed E-state index contributed by atoms with van der Waals surface area (Å²) in [5.74, 6) is 0.889. The van der Waals surface area contributed by atoms with E-state index in [1.54, 1.807) is 6.07 Å². The molecule has 0 fully saturated rings. The van der Waals surface area contributed by atoms with E-state index in [0.717, 1.165) is 21.0 Å². The Bertz CT molecular complexity index is 1260. The average molecular weight is 376 g/mol. The molecule has 1 atom stereocenters. The lowest BCUT2D eigenvalue weighted by atomic mass is 10.1. The van der Waals surface area contributed by atoms with Crippen LogP contribution in [0, 0.1) is 0 Å². The number of fused-ring (bicyclic) bond motifs is 4. The van der Waals surface area contributed by atoms with Crippen molar-refractivity contribution in [1.29, 1.82) is 0 Å². The summed E-state index contributed by atoms with van der Waals surface area (Å²) >= 11 is 1.50. The Labute approximate surface area is 159 Å². The monoisotopic (exact) mass is 376 g/mol. The average Bonchev–Trinajstić information content (AvgIpc) is 3.03. The van der Waals surface area contributed by atoms with E-state index in [2.05, 4.69) is 29.3 Å². The summed E-state index contributed by atoms with van der Waals surface area (Å²) in [6, 6.07) is 19.7. The number of aromatic nitrogens is 1. The van der Waals surface area contributed by atoms with Crippen LogP contribution < -0.4 is 14.3 Å². The highest BCUT2D eigenvalue weighted by Crippen LogP contribution is 2.31. The maximum absolute atomic E-state index is 12.7. The van der Waals surface area contributed by atoms with E-state index in [9.17, 15) is 4.79 Å². The van der Waals surface area contributed by atoms with Crippen molar-refractivity contribution in [1.82, 2.24) is 4.57 Å². The fourth-order valence-electron chi connectivity index (χ4n) is 3.33. The van der Waals surface area contributed by atoms with Gasteiger partial charge < -0.3 is 14.0 Å². The molecule has 0 saturated heterocycles. The lowest BCUT2D eigenvalue weighted by molar-refractivity contribution is -0.127. The SMILES string of the molecule is Cn1c(=NC(=O)C2COc3ccccc3O2)sc2ccc3ccccc3c21. The molecule has 1 aliphatic heterocycles. The van der Waals surface area contributed by atoms with Gasteiger partial charge in [0.15, 0.2) is 16.3 Å². The topological polar surface area (TPSA) is 52.8 Å². The third kappa shape index (κ3) is 2.69. The number of rotatable bonds is 1. The zero-order valence-electron chi connectivity index (χ0n) is 14.6. The highest BCUT2D eigenvalue weighted by Gasteiger charge is 2.27. The first-order chi connectivity index (χ1) is 13.2. The number of aryl methyl sites for hydroxylation is 1. The molecular formula is C21H16N2O3S. The van der Waals surface area contributed by atoms with Crippen molar-refractivity contribution < 1.29 is 14.3 Å². The molecule has 0 radical (unpaired) electrons. The molecule has 0 bridgehead atoms. The first kappa shape index (κ1) is 16.1. The second kappa shape index (κ2) is 6.25. The summed E-state index contributed by atoms with van der Waals surface area (Å²) in [5, 5.41) is 2.31. The van der Waals surface area contributed by atoms with Gasteiger partial charge in [-0.05, 0) is 23.6 Å². The number of nitrogens with zero attached hydrogens (tertiary/aromatic N) is 2. The normalized spacial score (nSPS) is 16.8. The summed E-state index contributed by atoms with van der Waals surface area (Å²) in [6.45, 7) is 0.164. The number of ether oxygens (including phenoxy) is 2. The number of hydrogen-bond acceptors (Lipinski definition) is 4. The van der Waals surface area contributed by atoms with Gasteiger partial charge >= 0.3 is 0 Å². The minimum Gasteiger partial charge on any atom is -0.485 e. The van der Waals surface area contributed by atoms with Gasteiger partial charge in [0.1, 0.15) is 6.61 Å². The molecule has 0 saturated carbocycles. The number of carbonyl (C=O) groups is 1. The lowest BCUT2D eigenvalue weighted by Gasteiger charge is -2.23. The fraction of sp³-hybridized carbons (Fsp3) is 0.143. The van der Waals surface area contributed by atoms with E-state index in [-0.39, 0.29) is 12.5 Å². The largest absolute Gasteiger partial charge is 0.485 e. The van der Waals surface area contributed by atoms with Gasteiger partial charge in [-0.1, -0.05) is 53.8 Å². The molecule has 1 amide bonds. The molecular weight excluding hydrogens is 360 g/mol. The fourth-order valence-corrected chi connectivity index (χ4v) is 4.37. The lowest BCUT2D eigenvalue weighted by Crippen LogP contribution is -2.36. The van der Waals surface area contributed by atoms with Crippen LogP contribution in [-0.2, 0) is 11.8 Å². The van der Waals surface area contributed by atoms with Crippen molar-refractivity contribution in [3.8, 4) is 11.5 Å². The molecule has 1 aromatic heterocycles. The molecule has 6 heteroatoms. The van der Waals surface area contributed by atoms with Crippen molar-refractivity contribution in [3.05, 3.63) is 65.5 Å². The molecule has 0 spiro atoms. The predicted octanol–water partition coefficient (Wildman–Crippen LogP) is 3.66. The number of benzene rings is 3. The number of thiazole rings is 1. The van der Waals surface area contributed by atoms with Crippen molar-refractivity contribution in [2.75, 3.05) is 6.61 Å². The standard InChI is InChI=1S/C21H16N2O3S/c1-23-19-14-7-3-2-6-13(14)10-11-18(19)27-21(23)22-20(24)17-12-25-15-8-4-5-9-16(15)26-17/h2-11,17H,12H2,1H3. The molecule has 5 nitrogen and oxygen atoms in total. The highest BCUT2D eigenvalue weighted by atomic mass is 32.1. The molecule has 134 valence electrons. The Morgan fingerprint density at radius 3 is 2.74 bits per heavy atom. The van der Waals surface area contributed by atoms with E-state index in [1.807, 2.05) is 41.9 Å². The summed E-state index contributed by atoms with van der Waals surface area (Å²) in [5.41, 5.74) is 1.08. The molecule has 27 heavy (non-hydrogen) atoms.